The lowest BCUT2D eigenvalue weighted by atomic mass is 10.1. The van der Waals surface area contributed by atoms with E-state index >= 15 is 0 Å². The van der Waals surface area contributed by atoms with Crippen molar-refractivity contribution in [1.82, 2.24) is 9.78 Å². The third-order valence-corrected chi connectivity index (χ3v) is 4.89. The van der Waals surface area contributed by atoms with Crippen LogP contribution >= 0.6 is 11.3 Å². The number of anilines is 1. The van der Waals surface area contributed by atoms with Crippen LogP contribution in [0.15, 0.2) is 12.4 Å². The highest BCUT2D eigenvalue weighted by Crippen LogP contribution is 2.33. The Bertz CT molecular complexity index is 919. The van der Waals surface area contributed by atoms with Crippen molar-refractivity contribution < 1.29 is 24.0 Å². The normalized spacial score (nSPS) is 10.5. The third kappa shape index (κ3) is 4.91. The predicted molar refractivity (Wildman–Crippen MR) is 100 cm³/mol. The Morgan fingerprint density at radius 3 is 2.71 bits per heavy atom. The van der Waals surface area contributed by atoms with Gasteiger partial charge in [0.25, 0.3) is 5.91 Å². The van der Waals surface area contributed by atoms with Crippen molar-refractivity contribution in [3.8, 4) is 0 Å². The maximum Gasteiger partial charge on any atom is 0.341 e. The number of nitrogens with two attached hydrogens (primary N) is 1. The number of hydrogen-bond donors (Lipinski definition) is 2. The van der Waals surface area contributed by atoms with Crippen LogP contribution in [-0.4, -0.2) is 39.1 Å². The molecule has 2 rings (SSSR count). The number of rotatable bonds is 9. The molecule has 0 atom stereocenters. The van der Waals surface area contributed by atoms with E-state index in [4.69, 9.17) is 10.5 Å². The molecule has 28 heavy (non-hydrogen) atoms. The van der Waals surface area contributed by atoms with Gasteiger partial charge in [-0.2, -0.15) is 5.10 Å². The van der Waals surface area contributed by atoms with Crippen LogP contribution < -0.4 is 11.1 Å². The molecule has 150 valence electrons. The number of carbonyl (C=O) groups excluding carboxylic acids is 3. The number of aryl methyl sites for hydroxylation is 1. The van der Waals surface area contributed by atoms with Gasteiger partial charge in [0.15, 0.2) is 0 Å². The number of thiophene rings is 1. The minimum absolute atomic E-state index is 0.0505. The van der Waals surface area contributed by atoms with Crippen molar-refractivity contribution in [2.45, 2.75) is 33.2 Å². The fraction of sp³-hybridized carbons (Fsp3) is 0.375. The van der Waals surface area contributed by atoms with Gasteiger partial charge in [-0.15, -0.1) is 11.3 Å². The zero-order valence-corrected chi connectivity index (χ0v) is 16.1. The largest absolute Gasteiger partial charge is 0.462 e. The first-order valence-corrected chi connectivity index (χ1v) is 9.13. The number of carbonyl (C=O) groups is 3. The Labute approximate surface area is 163 Å². The van der Waals surface area contributed by atoms with Gasteiger partial charge in [-0.25, -0.2) is 4.79 Å². The van der Waals surface area contributed by atoms with Gasteiger partial charge in [-0.05, 0) is 18.9 Å². The number of nitro groups is 1. The summed E-state index contributed by atoms with van der Waals surface area (Å²) in [6.45, 7) is 3.69. The zero-order chi connectivity index (χ0) is 20.8. The molecule has 0 unspecified atom stereocenters. The van der Waals surface area contributed by atoms with Crippen LogP contribution in [0.3, 0.4) is 0 Å². The molecular weight excluding hydrogens is 390 g/mol. The van der Waals surface area contributed by atoms with E-state index in [1.165, 1.54) is 10.9 Å². The van der Waals surface area contributed by atoms with E-state index in [-0.39, 0.29) is 40.7 Å². The fourth-order valence-electron chi connectivity index (χ4n) is 2.32. The van der Waals surface area contributed by atoms with Crippen molar-refractivity contribution in [3.05, 3.63) is 38.5 Å². The van der Waals surface area contributed by atoms with Crippen LogP contribution in [0.5, 0.6) is 0 Å². The Kier molecular flexibility index (Phi) is 6.82. The minimum Gasteiger partial charge on any atom is -0.462 e. The number of esters is 1. The maximum absolute atomic E-state index is 12.3. The molecule has 0 aliphatic heterocycles. The lowest BCUT2D eigenvalue weighted by molar-refractivity contribution is -0.385. The van der Waals surface area contributed by atoms with Crippen LogP contribution in [0.25, 0.3) is 0 Å². The van der Waals surface area contributed by atoms with Crippen LogP contribution in [0.4, 0.5) is 10.7 Å². The molecule has 0 saturated carbocycles. The summed E-state index contributed by atoms with van der Waals surface area (Å²) >= 11 is 0.895. The SMILES string of the molecule is CCCOC(=O)c1c(NC(=O)CCn2cc([N+](=O)[O-])cn2)sc(C(N)=O)c1C. The molecule has 2 amide bonds. The van der Waals surface area contributed by atoms with E-state index < -0.39 is 22.7 Å². The first kappa shape index (κ1) is 21.0. The average molecular weight is 409 g/mol. The van der Waals surface area contributed by atoms with Crippen molar-refractivity contribution in [3.63, 3.8) is 0 Å². The van der Waals surface area contributed by atoms with Crippen molar-refractivity contribution in [2.75, 3.05) is 11.9 Å². The zero-order valence-electron chi connectivity index (χ0n) is 15.3. The highest BCUT2D eigenvalue weighted by atomic mass is 32.1. The molecular formula is C16H19N5O6S. The van der Waals surface area contributed by atoms with Crippen molar-refractivity contribution in [2.24, 2.45) is 5.73 Å². The topological polar surface area (TPSA) is 159 Å². The molecule has 11 nitrogen and oxygen atoms in total. The first-order valence-electron chi connectivity index (χ1n) is 8.31. The molecule has 0 saturated heterocycles. The standard InChI is InChI=1S/C16H19N5O6S/c1-3-6-27-16(24)12-9(2)13(14(17)23)28-15(12)19-11(22)4-5-20-8-10(7-18-20)21(25)26/h7-8H,3-6H2,1-2H3,(H2,17,23)(H,19,22). The van der Waals surface area contributed by atoms with Crippen molar-refractivity contribution in [1.29, 1.82) is 0 Å². The van der Waals surface area contributed by atoms with Gasteiger partial charge in [0.1, 0.15) is 17.4 Å². The summed E-state index contributed by atoms with van der Waals surface area (Å²) in [6.07, 6.45) is 2.86. The number of aromatic nitrogens is 2. The molecule has 0 spiro atoms. The van der Waals surface area contributed by atoms with E-state index in [1.807, 2.05) is 6.92 Å². The summed E-state index contributed by atoms with van der Waals surface area (Å²) in [6, 6.07) is 0. The smallest absolute Gasteiger partial charge is 0.341 e. The van der Waals surface area contributed by atoms with Gasteiger partial charge in [0, 0.05) is 13.0 Å². The molecule has 0 fully saturated rings. The van der Waals surface area contributed by atoms with E-state index in [0.29, 0.717) is 12.0 Å². The number of nitrogens with zero attached hydrogens (tertiary/aromatic N) is 3. The molecule has 0 aliphatic rings. The highest BCUT2D eigenvalue weighted by Gasteiger charge is 2.25. The molecule has 0 aliphatic carbocycles. The monoisotopic (exact) mass is 409 g/mol. The summed E-state index contributed by atoms with van der Waals surface area (Å²) in [5.41, 5.74) is 5.59. The number of hydrogen-bond acceptors (Lipinski definition) is 8. The highest BCUT2D eigenvalue weighted by molar-refractivity contribution is 7.18. The summed E-state index contributed by atoms with van der Waals surface area (Å²) < 4.78 is 6.38. The van der Waals surface area contributed by atoms with Crippen LogP contribution in [0.1, 0.15) is 45.4 Å². The Balaban J connectivity index is 2.13. The van der Waals surface area contributed by atoms with Gasteiger partial charge in [-0.1, -0.05) is 6.92 Å². The molecule has 0 bridgehead atoms. The quantitative estimate of drug-likeness (QED) is 0.363. The molecule has 3 N–H and O–H groups in total. The first-order chi connectivity index (χ1) is 13.2. The van der Waals surface area contributed by atoms with E-state index in [1.54, 1.807) is 6.92 Å². The molecule has 2 aromatic heterocycles. The predicted octanol–water partition coefficient (Wildman–Crippen LogP) is 1.86. The van der Waals surface area contributed by atoms with Gasteiger partial charge in [-0.3, -0.25) is 24.4 Å². The van der Waals surface area contributed by atoms with E-state index in [0.717, 1.165) is 17.5 Å². The molecule has 0 radical (unpaired) electrons. The summed E-state index contributed by atoms with van der Waals surface area (Å²) in [5.74, 6) is -1.82. The van der Waals surface area contributed by atoms with Crippen molar-refractivity contribution >= 4 is 39.8 Å². The van der Waals surface area contributed by atoms with E-state index in [9.17, 15) is 24.5 Å². The third-order valence-electron chi connectivity index (χ3n) is 3.66. The second-order valence-electron chi connectivity index (χ2n) is 5.78. The number of amides is 2. The molecule has 2 aromatic rings. The van der Waals surface area contributed by atoms with Gasteiger partial charge in [0.2, 0.25) is 5.91 Å². The minimum atomic E-state index is -0.712. The van der Waals surface area contributed by atoms with Gasteiger partial charge >= 0.3 is 11.7 Å². The van der Waals surface area contributed by atoms with Gasteiger partial charge < -0.3 is 15.8 Å². The number of ether oxygens (including phenoxy) is 1. The second-order valence-corrected chi connectivity index (χ2v) is 6.80. The summed E-state index contributed by atoms with van der Waals surface area (Å²) in [5, 5.41) is 17.2. The van der Waals surface area contributed by atoms with Crippen LogP contribution in [0, 0.1) is 17.0 Å². The van der Waals surface area contributed by atoms with E-state index in [2.05, 4.69) is 10.4 Å². The van der Waals surface area contributed by atoms with Crippen LogP contribution in [0.2, 0.25) is 0 Å². The lowest BCUT2D eigenvalue weighted by Gasteiger charge is -2.07. The molecule has 12 heteroatoms. The Morgan fingerprint density at radius 2 is 2.14 bits per heavy atom. The maximum atomic E-state index is 12.3. The van der Waals surface area contributed by atoms with Gasteiger partial charge in [0.05, 0.1) is 22.0 Å². The van der Waals surface area contributed by atoms with Crippen LogP contribution in [-0.2, 0) is 16.1 Å². The second kappa shape index (κ2) is 9.08. The fourth-order valence-corrected chi connectivity index (χ4v) is 3.39. The Hall–Kier alpha value is -3.28. The molecule has 0 aromatic carbocycles. The Morgan fingerprint density at radius 1 is 1.43 bits per heavy atom. The average Bonchev–Trinajstić information content (AvgIpc) is 3.23. The number of primary amides is 1. The number of nitrogens with one attached hydrogen (secondary N) is 1. The summed E-state index contributed by atoms with van der Waals surface area (Å²) in [4.78, 5) is 46.4. The summed E-state index contributed by atoms with van der Waals surface area (Å²) in [7, 11) is 0. The molecule has 2 heterocycles. The lowest BCUT2D eigenvalue weighted by Crippen LogP contribution is -2.17.